The Kier molecular flexibility index (Phi) is 4.11. The summed E-state index contributed by atoms with van der Waals surface area (Å²) in [5.41, 5.74) is 2.64. The number of nitrogens with zero attached hydrogens (tertiary/aromatic N) is 1. The number of fused-ring (bicyclic) bond motifs is 1. The molecule has 0 radical (unpaired) electrons. The van der Waals surface area contributed by atoms with E-state index in [-0.39, 0.29) is 11.4 Å². The second kappa shape index (κ2) is 5.99. The van der Waals surface area contributed by atoms with E-state index in [2.05, 4.69) is 29.2 Å². The molecule has 0 spiro atoms. The summed E-state index contributed by atoms with van der Waals surface area (Å²) in [5.74, 6) is 0. The molecule has 1 aliphatic rings. The maximum atomic E-state index is 10.2. The topological polar surface area (TPSA) is 33.1 Å². The van der Waals surface area contributed by atoms with E-state index < -0.39 is 0 Å². The fourth-order valence-electron chi connectivity index (χ4n) is 2.31. The van der Waals surface area contributed by atoms with Gasteiger partial charge in [-0.15, -0.1) is 0 Å². The molecule has 0 fully saturated rings. The number of aliphatic hydroxyl groups excluding tert-OH is 1. The zero-order valence-corrected chi connectivity index (χ0v) is 12.0. The predicted molar refractivity (Wildman–Crippen MR) is 81.2 cm³/mol. The standard InChI is InChI=1S/C15H15NOS2/c17-13-9-8-11-5-1-2-6-12(11)15(13)19-18-14-7-3-4-10-16-14/h1-7,10,13,15,17H,8-9H2/t13-,15-/m1/s1. The van der Waals surface area contributed by atoms with Gasteiger partial charge in [0.25, 0.3) is 0 Å². The maximum Gasteiger partial charge on any atom is 0.106 e. The van der Waals surface area contributed by atoms with E-state index in [0.29, 0.717) is 0 Å². The van der Waals surface area contributed by atoms with E-state index >= 15 is 0 Å². The highest BCUT2D eigenvalue weighted by atomic mass is 33.1. The molecule has 2 atom stereocenters. The molecule has 0 unspecified atom stereocenters. The summed E-state index contributed by atoms with van der Waals surface area (Å²) in [6, 6.07) is 14.3. The van der Waals surface area contributed by atoms with Gasteiger partial charge in [-0.05, 0) is 46.9 Å². The second-order valence-electron chi connectivity index (χ2n) is 4.57. The molecule has 0 aliphatic heterocycles. The monoisotopic (exact) mass is 289 g/mol. The molecule has 0 amide bonds. The molecule has 3 rings (SSSR count). The molecule has 1 N–H and O–H groups in total. The zero-order valence-electron chi connectivity index (χ0n) is 10.4. The predicted octanol–water partition coefficient (Wildman–Crippen LogP) is 3.87. The Labute approximate surface area is 121 Å². The van der Waals surface area contributed by atoms with Crippen molar-refractivity contribution >= 4 is 21.6 Å². The highest BCUT2D eigenvalue weighted by Crippen LogP contribution is 2.47. The Morgan fingerprint density at radius 1 is 1.11 bits per heavy atom. The normalized spacial score (nSPS) is 21.9. The number of aliphatic hydroxyl groups is 1. The van der Waals surface area contributed by atoms with Crippen LogP contribution in [0.2, 0.25) is 0 Å². The number of aryl methyl sites for hydroxylation is 1. The van der Waals surface area contributed by atoms with Gasteiger partial charge in [-0.2, -0.15) is 0 Å². The first-order valence-electron chi connectivity index (χ1n) is 6.35. The summed E-state index contributed by atoms with van der Waals surface area (Å²) in [5, 5.41) is 11.4. The molecule has 2 nitrogen and oxygen atoms in total. The van der Waals surface area contributed by atoms with E-state index in [4.69, 9.17) is 0 Å². The van der Waals surface area contributed by atoms with Gasteiger partial charge in [0.05, 0.1) is 11.4 Å². The Hall–Kier alpha value is -0.970. The lowest BCUT2D eigenvalue weighted by molar-refractivity contribution is 0.155. The fraction of sp³-hybridized carbons (Fsp3) is 0.267. The van der Waals surface area contributed by atoms with E-state index in [1.165, 1.54) is 11.1 Å². The molecule has 2 aromatic rings. The Morgan fingerprint density at radius 3 is 2.79 bits per heavy atom. The summed E-state index contributed by atoms with van der Waals surface area (Å²) in [4.78, 5) is 4.30. The first kappa shape index (κ1) is 13.0. The zero-order chi connectivity index (χ0) is 13.1. The van der Waals surface area contributed by atoms with Gasteiger partial charge in [0.2, 0.25) is 0 Å². The number of aromatic nitrogens is 1. The molecule has 1 heterocycles. The Morgan fingerprint density at radius 2 is 1.95 bits per heavy atom. The van der Waals surface area contributed by atoms with Crippen LogP contribution >= 0.6 is 21.6 Å². The minimum atomic E-state index is -0.267. The first-order valence-corrected chi connectivity index (χ1v) is 8.56. The van der Waals surface area contributed by atoms with Crippen molar-refractivity contribution in [1.82, 2.24) is 4.98 Å². The third-order valence-electron chi connectivity index (χ3n) is 3.30. The van der Waals surface area contributed by atoms with Crippen molar-refractivity contribution in [3.05, 3.63) is 59.8 Å². The van der Waals surface area contributed by atoms with Crippen LogP contribution in [0.1, 0.15) is 22.8 Å². The molecule has 0 saturated carbocycles. The van der Waals surface area contributed by atoms with Crippen molar-refractivity contribution in [1.29, 1.82) is 0 Å². The minimum absolute atomic E-state index is 0.136. The van der Waals surface area contributed by atoms with E-state index in [9.17, 15) is 5.11 Å². The van der Waals surface area contributed by atoms with Gasteiger partial charge in [0.15, 0.2) is 0 Å². The van der Waals surface area contributed by atoms with Gasteiger partial charge < -0.3 is 5.11 Å². The third kappa shape index (κ3) is 2.96. The molecular weight excluding hydrogens is 274 g/mol. The number of hydrogen-bond donors (Lipinski definition) is 1. The van der Waals surface area contributed by atoms with Gasteiger partial charge in [-0.25, -0.2) is 4.98 Å². The lowest BCUT2D eigenvalue weighted by atomic mass is 9.89. The Balaban J connectivity index is 1.77. The smallest absolute Gasteiger partial charge is 0.106 e. The van der Waals surface area contributed by atoms with E-state index in [1.54, 1.807) is 27.8 Å². The molecule has 1 aliphatic carbocycles. The van der Waals surface area contributed by atoms with Crippen LogP contribution in [0.25, 0.3) is 0 Å². The molecule has 0 saturated heterocycles. The highest BCUT2D eigenvalue weighted by molar-refractivity contribution is 8.76. The minimum Gasteiger partial charge on any atom is -0.392 e. The van der Waals surface area contributed by atoms with Crippen LogP contribution in [0.5, 0.6) is 0 Å². The quantitative estimate of drug-likeness (QED) is 0.870. The second-order valence-corrected chi connectivity index (χ2v) is 6.94. The molecular formula is C15H15NOS2. The molecule has 4 heteroatoms. The van der Waals surface area contributed by atoms with Gasteiger partial charge in [0.1, 0.15) is 5.03 Å². The first-order chi connectivity index (χ1) is 9.34. The van der Waals surface area contributed by atoms with Crippen LogP contribution in [-0.2, 0) is 6.42 Å². The maximum absolute atomic E-state index is 10.2. The fourth-order valence-corrected chi connectivity index (χ4v) is 4.95. The summed E-state index contributed by atoms with van der Waals surface area (Å²) in [6.07, 6.45) is 3.35. The van der Waals surface area contributed by atoms with Crippen LogP contribution < -0.4 is 0 Å². The van der Waals surface area contributed by atoms with Crippen molar-refractivity contribution in [2.75, 3.05) is 0 Å². The molecule has 1 aromatic carbocycles. The number of benzene rings is 1. The van der Waals surface area contributed by atoms with Crippen LogP contribution in [0.15, 0.2) is 53.7 Å². The molecule has 0 bridgehead atoms. The molecule has 98 valence electrons. The van der Waals surface area contributed by atoms with Crippen LogP contribution in [0.4, 0.5) is 0 Å². The number of rotatable bonds is 3. The Bertz CT molecular complexity index is 547. The lowest BCUT2D eigenvalue weighted by Gasteiger charge is -2.29. The summed E-state index contributed by atoms with van der Waals surface area (Å²) in [7, 11) is 3.35. The van der Waals surface area contributed by atoms with Crippen molar-refractivity contribution in [3.8, 4) is 0 Å². The van der Waals surface area contributed by atoms with Crippen LogP contribution in [0.3, 0.4) is 0 Å². The van der Waals surface area contributed by atoms with Gasteiger partial charge in [0, 0.05) is 6.20 Å². The third-order valence-corrected chi connectivity index (χ3v) is 6.00. The van der Waals surface area contributed by atoms with E-state index in [1.807, 2.05) is 18.2 Å². The summed E-state index contributed by atoms with van der Waals surface area (Å²) < 4.78 is 0. The lowest BCUT2D eigenvalue weighted by Crippen LogP contribution is -2.22. The van der Waals surface area contributed by atoms with Crippen molar-refractivity contribution in [2.45, 2.75) is 29.2 Å². The average Bonchev–Trinajstić information content (AvgIpc) is 2.47. The average molecular weight is 289 g/mol. The highest BCUT2D eigenvalue weighted by Gasteiger charge is 2.28. The van der Waals surface area contributed by atoms with Crippen molar-refractivity contribution in [3.63, 3.8) is 0 Å². The molecule has 19 heavy (non-hydrogen) atoms. The molecule has 1 aromatic heterocycles. The van der Waals surface area contributed by atoms with E-state index in [0.717, 1.165) is 17.9 Å². The summed E-state index contributed by atoms with van der Waals surface area (Å²) in [6.45, 7) is 0. The SMILES string of the molecule is O[C@@H]1CCc2ccccc2[C@H]1SSc1ccccn1. The van der Waals surface area contributed by atoms with Gasteiger partial charge in [-0.3, -0.25) is 0 Å². The summed E-state index contributed by atoms with van der Waals surface area (Å²) >= 11 is 0. The largest absolute Gasteiger partial charge is 0.392 e. The van der Waals surface area contributed by atoms with Gasteiger partial charge in [-0.1, -0.05) is 41.1 Å². The van der Waals surface area contributed by atoms with Crippen molar-refractivity contribution in [2.24, 2.45) is 0 Å². The van der Waals surface area contributed by atoms with Crippen LogP contribution in [-0.4, -0.2) is 16.2 Å². The van der Waals surface area contributed by atoms with Crippen molar-refractivity contribution < 1.29 is 5.11 Å². The van der Waals surface area contributed by atoms with Crippen LogP contribution in [0, 0.1) is 0 Å². The van der Waals surface area contributed by atoms with Gasteiger partial charge >= 0.3 is 0 Å². The number of pyridine rings is 1. The number of hydrogen-bond acceptors (Lipinski definition) is 4.